The van der Waals surface area contributed by atoms with Gasteiger partial charge in [0.1, 0.15) is 6.54 Å². The number of carbonyl (C=O) groups is 2. The third-order valence-electron chi connectivity index (χ3n) is 1.61. The third-order valence-corrected chi connectivity index (χ3v) is 1.61. The minimum Gasteiger partial charge on any atom is -0.358 e. The summed E-state index contributed by atoms with van der Waals surface area (Å²) in [4.78, 5) is 23.2. The number of amides is 2. The van der Waals surface area contributed by atoms with Crippen LogP contribution < -0.4 is 5.32 Å². The number of nitrogens with zero attached hydrogens (tertiary/aromatic N) is 1. The lowest BCUT2D eigenvalue weighted by molar-refractivity contribution is -0.129. The Kier molecular flexibility index (Phi) is 2.28. The summed E-state index contributed by atoms with van der Waals surface area (Å²) in [5.41, 5.74) is 0.559. The highest BCUT2D eigenvalue weighted by Crippen LogP contribution is 2.11. The maximum atomic E-state index is 11.0. The molecule has 1 heterocycles. The highest BCUT2D eigenvalue weighted by atomic mass is 16.2. The molecule has 0 atom stereocenters. The van der Waals surface area contributed by atoms with Gasteiger partial charge in [0.2, 0.25) is 5.91 Å². The van der Waals surface area contributed by atoms with Crippen LogP contribution in [0.4, 0.5) is 0 Å². The standard InChI is InChI=1S/C8H10N2O2/c1-6-3-4-8(12)10(6)5-7(11)9-2/h3-4H,1,5H2,2H3,(H,9,11). The van der Waals surface area contributed by atoms with Crippen molar-refractivity contribution in [2.75, 3.05) is 13.6 Å². The van der Waals surface area contributed by atoms with E-state index in [1.165, 1.54) is 18.0 Å². The van der Waals surface area contributed by atoms with Crippen molar-refractivity contribution in [1.82, 2.24) is 10.2 Å². The SMILES string of the molecule is C=C1C=CC(=O)N1CC(=O)NC. The van der Waals surface area contributed by atoms with Crippen molar-refractivity contribution in [3.05, 3.63) is 24.4 Å². The summed E-state index contributed by atoms with van der Waals surface area (Å²) < 4.78 is 0. The predicted octanol–water partition coefficient (Wildman–Crippen LogP) is -0.356. The zero-order valence-electron chi connectivity index (χ0n) is 6.83. The predicted molar refractivity (Wildman–Crippen MR) is 44.1 cm³/mol. The molecule has 0 bridgehead atoms. The van der Waals surface area contributed by atoms with Gasteiger partial charge in [-0.3, -0.25) is 9.59 Å². The third kappa shape index (κ3) is 1.53. The van der Waals surface area contributed by atoms with Crippen molar-refractivity contribution in [2.45, 2.75) is 0 Å². The van der Waals surface area contributed by atoms with Crippen molar-refractivity contribution < 1.29 is 9.59 Å². The monoisotopic (exact) mass is 166 g/mol. The smallest absolute Gasteiger partial charge is 0.251 e. The minimum atomic E-state index is -0.201. The molecule has 4 heteroatoms. The van der Waals surface area contributed by atoms with E-state index < -0.39 is 0 Å². The van der Waals surface area contributed by atoms with Gasteiger partial charge in [0.25, 0.3) is 5.91 Å². The van der Waals surface area contributed by atoms with Crippen molar-refractivity contribution in [1.29, 1.82) is 0 Å². The molecule has 4 nitrogen and oxygen atoms in total. The van der Waals surface area contributed by atoms with Gasteiger partial charge in [0.05, 0.1) is 0 Å². The number of likely N-dealkylation sites (N-methyl/N-ethyl adjacent to an activating group) is 1. The van der Waals surface area contributed by atoms with Gasteiger partial charge in [-0.1, -0.05) is 6.58 Å². The maximum absolute atomic E-state index is 11.0. The second kappa shape index (κ2) is 3.21. The first-order valence-corrected chi connectivity index (χ1v) is 3.54. The van der Waals surface area contributed by atoms with Crippen molar-refractivity contribution >= 4 is 11.8 Å². The number of hydrogen-bond donors (Lipinski definition) is 1. The average Bonchev–Trinajstić information content (AvgIpc) is 2.35. The molecule has 1 rings (SSSR count). The molecule has 12 heavy (non-hydrogen) atoms. The molecule has 0 aromatic heterocycles. The Hall–Kier alpha value is -1.58. The van der Waals surface area contributed by atoms with Crippen LogP contribution in [0.3, 0.4) is 0 Å². The first-order chi connectivity index (χ1) is 5.65. The summed E-state index contributed by atoms with van der Waals surface area (Å²) in [7, 11) is 1.53. The van der Waals surface area contributed by atoms with Crippen LogP contribution >= 0.6 is 0 Å². The van der Waals surface area contributed by atoms with Crippen molar-refractivity contribution in [3.63, 3.8) is 0 Å². The summed E-state index contributed by atoms with van der Waals surface area (Å²) in [5, 5.41) is 2.43. The van der Waals surface area contributed by atoms with E-state index in [9.17, 15) is 9.59 Å². The van der Waals surface area contributed by atoms with Crippen LogP contribution in [0.25, 0.3) is 0 Å². The van der Waals surface area contributed by atoms with Crippen LogP contribution in [0.1, 0.15) is 0 Å². The molecule has 0 spiro atoms. The normalized spacial score (nSPS) is 15.6. The molecule has 0 radical (unpaired) electrons. The van der Waals surface area contributed by atoms with E-state index in [0.29, 0.717) is 5.70 Å². The average molecular weight is 166 g/mol. The fourth-order valence-corrected chi connectivity index (χ4v) is 0.891. The summed E-state index contributed by atoms with van der Waals surface area (Å²) in [5.74, 6) is -0.392. The van der Waals surface area contributed by atoms with E-state index in [1.54, 1.807) is 6.08 Å². The molecule has 1 N–H and O–H groups in total. The Morgan fingerprint density at radius 1 is 1.67 bits per heavy atom. The summed E-state index contributed by atoms with van der Waals surface area (Å²) in [6.07, 6.45) is 2.98. The second-order valence-corrected chi connectivity index (χ2v) is 2.42. The van der Waals surface area contributed by atoms with Gasteiger partial charge in [-0.2, -0.15) is 0 Å². The molecule has 0 saturated heterocycles. The Labute approximate surface area is 70.5 Å². The van der Waals surface area contributed by atoms with E-state index in [4.69, 9.17) is 0 Å². The van der Waals surface area contributed by atoms with E-state index in [0.717, 1.165) is 0 Å². The number of rotatable bonds is 2. The van der Waals surface area contributed by atoms with E-state index in [-0.39, 0.29) is 18.4 Å². The quantitative estimate of drug-likeness (QED) is 0.609. The first kappa shape index (κ1) is 8.52. The topological polar surface area (TPSA) is 49.4 Å². The Bertz CT molecular complexity index is 250. The fraction of sp³-hybridized carbons (Fsp3) is 0.250. The van der Waals surface area contributed by atoms with Crippen LogP contribution in [-0.2, 0) is 9.59 Å². The molecule has 0 unspecified atom stereocenters. The maximum Gasteiger partial charge on any atom is 0.251 e. The number of carbonyl (C=O) groups excluding carboxylic acids is 2. The van der Waals surface area contributed by atoms with Crippen LogP contribution in [0.5, 0.6) is 0 Å². The summed E-state index contributed by atoms with van der Waals surface area (Å²) in [6.45, 7) is 3.65. The first-order valence-electron chi connectivity index (χ1n) is 3.54. The Morgan fingerprint density at radius 2 is 2.33 bits per heavy atom. The molecule has 0 fully saturated rings. The summed E-state index contributed by atoms with van der Waals surface area (Å²) >= 11 is 0. The Balaban J connectivity index is 2.59. The minimum absolute atomic E-state index is 0.0428. The van der Waals surface area contributed by atoms with E-state index in [2.05, 4.69) is 11.9 Å². The molecule has 1 aliphatic heterocycles. The highest BCUT2D eigenvalue weighted by molar-refractivity contribution is 5.95. The fourth-order valence-electron chi connectivity index (χ4n) is 0.891. The molecule has 0 aromatic rings. The lowest BCUT2D eigenvalue weighted by Crippen LogP contribution is -2.35. The van der Waals surface area contributed by atoms with Gasteiger partial charge in [0.15, 0.2) is 0 Å². The van der Waals surface area contributed by atoms with Crippen LogP contribution in [0.15, 0.2) is 24.4 Å². The lowest BCUT2D eigenvalue weighted by Gasteiger charge is -2.15. The van der Waals surface area contributed by atoms with Gasteiger partial charge in [-0.15, -0.1) is 0 Å². The molecule has 1 aliphatic rings. The van der Waals surface area contributed by atoms with Gasteiger partial charge < -0.3 is 10.2 Å². The van der Waals surface area contributed by atoms with Crippen LogP contribution in [0, 0.1) is 0 Å². The molecule has 64 valence electrons. The van der Waals surface area contributed by atoms with Gasteiger partial charge in [-0.25, -0.2) is 0 Å². The van der Waals surface area contributed by atoms with Crippen molar-refractivity contribution in [2.24, 2.45) is 0 Å². The largest absolute Gasteiger partial charge is 0.358 e. The van der Waals surface area contributed by atoms with Gasteiger partial charge in [0, 0.05) is 18.8 Å². The second-order valence-electron chi connectivity index (χ2n) is 2.42. The Morgan fingerprint density at radius 3 is 2.75 bits per heavy atom. The van der Waals surface area contributed by atoms with E-state index >= 15 is 0 Å². The molecule has 0 saturated carbocycles. The molecule has 0 aliphatic carbocycles. The van der Waals surface area contributed by atoms with Crippen LogP contribution in [-0.4, -0.2) is 30.3 Å². The van der Waals surface area contributed by atoms with Gasteiger partial charge >= 0.3 is 0 Å². The lowest BCUT2D eigenvalue weighted by atomic mass is 10.4. The van der Waals surface area contributed by atoms with E-state index in [1.807, 2.05) is 0 Å². The molecule has 2 amide bonds. The highest BCUT2D eigenvalue weighted by Gasteiger charge is 2.20. The number of hydrogen-bond acceptors (Lipinski definition) is 2. The number of allylic oxidation sites excluding steroid dienone is 1. The summed E-state index contributed by atoms with van der Waals surface area (Å²) in [6, 6.07) is 0. The zero-order valence-corrected chi connectivity index (χ0v) is 6.83. The molecular formula is C8H10N2O2. The van der Waals surface area contributed by atoms with Crippen LogP contribution in [0.2, 0.25) is 0 Å². The van der Waals surface area contributed by atoms with Crippen molar-refractivity contribution in [3.8, 4) is 0 Å². The molecular weight excluding hydrogens is 156 g/mol. The zero-order chi connectivity index (χ0) is 9.14. The van der Waals surface area contributed by atoms with Gasteiger partial charge in [-0.05, 0) is 6.08 Å². The number of nitrogens with one attached hydrogen (secondary N) is 1. The molecule has 0 aromatic carbocycles.